The van der Waals surface area contributed by atoms with E-state index in [9.17, 15) is 8.78 Å². The largest absolute Gasteiger partial charge is 0.311 e. The maximum atomic E-state index is 13.6. The number of nitrogens with one attached hydrogen (secondary N) is 1. The van der Waals surface area contributed by atoms with Crippen molar-refractivity contribution >= 4 is 0 Å². The first-order chi connectivity index (χ1) is 8.74. The minimum absolute atomic E-state index is 0.306. The molecular formula is C15H19F2N. The molecule has 1 nitrogen and oxygen atoms in total. The smallest absolute Gasteiger partial charge is 0.162 e. The van der Waals surface area contributed by atoms with Crippen LogP contribution in [0.5, 0.6) is 0 Å². The topological polar surface area (TPSA) is 12.0 Å². The normalized spacial score (nSPS) is 31.3. The van der Waals surface area contributed by atoms with E-state index in [1.807, 2.05) is 0 Å². The zero-order chi connectivity index (χ0) is 12.5. The molecule has 3 heteroatoms. The van der Waals surface area contributed by atoms with Gasteiger partial charge in [-0.25, -0.2) is 8.78 Å². The van der Waals surface area contributed by atoms with E-state index >= 15 is 0 Å². The molecule has 3 rings (SSSR count). The molecule has 1 saturated heterocycles. The summed E-state index contributed by atoms with van der Waals surface area (Å²) in [6.07, 6.45) is 6.80. The van der Waals surface area contributed by atoms with E-state index in [0.29, 0.717) is 24.1 Å². The van der Waals surface area contributed by atoms with Crippen molar-refractivity contribution in [3.8, 4) is 0 Å². The lowest BCUT2D eigenvalue weighted by Crippen LogP contribution is -2.46. The molecule has 1 heterocycles. The molecule has 1 aliphatic heterocycles. The van der Waals surface area contributed by atoms with Crippen molar-refractivity contribution in [1.82, 2.24) is 5.32 Å². The summed E-state index contributed by atoms with van der Waals surface area (Å²) in [7, 11) is 0. The van der Waals surface area contributed by atoms with Crippen molar-refractivity contribution < 1.29 is 8.78 Å². The van der Waals surface area contributed by atoms with Crippen LogP contribution in [-0.4, -0.2) is 12.1 Å². The Hall–Kier alpha value is -0.960. The van der Waals surface area contributed by atoms with Gasteiger partial charge in [-0.2, -0.15) is 0 Å². The lowest BCUT2D eigenvalue weighted by atomic mass is 9.87. The highest BCUT2D eigenvalue weighted by Gasteiger charge is 2.33. The molecule has 1 aromatic rings. The monoisotopic (exact) mass is 251 g/mol. The molecule has 0 amide bonds. The van der Waals surface area contributed by atoms with E-state index in [0.717, 1.165) is 12.3 Å². The van der Waals surface area contributed by atoms with Gasteiger partial charge in [0.05, 0.1) is 0 Å². The predicted octanol–water partition coefficient (Wildman–Crippen LogP) is 3.43. The predicted molar refractivity (Wildman–Crippen MR) is 67.3 cm³/mol. The molecular weight excluding hydrogens is 232 g/mol. The van der Waals surface area contributed by atoms with Crippen LogP contribution in [0.25, 0.3) is 0 Å². The molecule has 1 aromatic carbocycles. The highest BCUT2D eigenvalue weighted by atomic mass is 19.2. The number of hydrogen-bond acceptors (Lipinski definition) is 1. The minimum atomic E-state index is -0.734. The summed E-state index contributed by atoms with van der Waals surface area (Å²) < 4.78 is 26.8. The summed E-state index contributed by atoms with van der Waals surface area (Å²) in [4.78, 5) is 0. The third-order valence-corrected chi connectivity index (χ3v) is 4.49. The second-order valence-electron chi connectivity index (χ2n) is 5.66. The Morgan fingerprint density at radius 1 is 1.11 bits per heavy atom. The van der Waals surface area contributed by atoms with Gasteiger partial charge in [0, 0.05) is 12.1 Å². The van der Waals surface area contributed by atoms with Gasteiger partial charge in [0.15, 0.2) is 11.6 Å². The van der Waals surface area contributed by atoms with E-state index < -0.39 is 11.6 Å². The molecule has 0 spiro atoms. The number of piperidine rings is 1. The van der Waals surface area contributed by atoms with Gasteiger partial charge in [0.1, 0.15) is 0 Å². The minimum Gasteiger partial charge on any atom is -0.311 e. The Morgan fingerprint density at radius 2 is 2.00 bits per heavy atom. The Balaban J connectivity index is 1.68. The summed E-state index contributed by atoms with van der Waals surface area (Å²) in [5.41, 5.74) is 0.504. The molecule has 2 aliphatic rings. The van der Waals surface area contributed by atoms with Crippen LogP contribution in [0.2, 0.25) is 0 Å². The fourth-order valence-electron chi connectivity index (χ4n) is 3.54. The van der Waals surface area contributed by atoms with Gasteiger partial charge in [0.2, 0.25) is 0 Å². The molecule has 0 bridgehead atoms. The van der Waals surface area contributed by atoms with Crippen molar-refractivity contribution in [2.45, 2.75) is 50.6 Å². The summed E-state index contributed by atoms with van der Waals surface area (Å²) in [5.74, 6) is -0.589. The van der Waals surface area contributed by atoms with Gasteiger partial charge in [-0.3, -0.25) is 0 Å². The van der Waals surface area contributed by atoms with Crippen LogP contribution in [0.3, 0.4) is 0 Å². The zero-order valence-electron chi connectivity index (χ0n) is 10.5. The Labute approximate surface area is 107 Å². The van der Waals surface area contributed by atoms with Gasteiger partial charge in [-0.15, -0.1) is 0 Å². The van der Waals surface area contributed by atoms with E-state index in [2.05, 4.69) is 5.32 Å². The van der Waals surface area contributed by atoms with Crippen molar-refractivity contribution in [3.63, 3.8) is 0 Å². The number of rotatable bonds is 2. The third-order valence-electron chi connectivity index (χ3n) is 4.49. The number of hydrogen-bond donors (Lipinski definition) is 1. The molecule has 0 radical (unpaired) electrons. The van der Waals surface area contributed by atoms with Gasteiger partial charge in [0.25, 0.3) is 0 Å². The fourth-order valence-corrected chi connectivity index (χ4v) is 3.54. The van der Waals surface area contributed by atoms with Crippen molar-refractivity contribution in [3.05, 3.63) is 35.4 Å². The number of fused-ring (bicyclic) bond motifs is 1. The standard InChI is InChI=1S/C15H19F2N/c16-13-5-1-4-11(15(13)17)9-12-8-7-10-3-2-6-14(10)18-12/h1,4-5,10,12,14,18H,2-3,6-9H2. The van der Waals surface area contributed by atoms with Crippen molar-refractivity contribution in [1.29, 1.82) is 0 Å². The molecule has 1 aliphatic carbocycles. The van der Waals surface area contributed by atoms with Gasteiger partial charge in [-0.05, 0) is 49.7 Å². The number of benzene rings is 1. The second-order valence-corrected chi connectivity index (χ2v) is 5.66. The Kier molecular flexibility index (Phi) is 3.33. The lowest BCUT2D eigenvalue weighted by Gasteiger charge is -2.33. The molecule has 3 unspecified atom stereocenters. The molecule has 0 aromatic heterocycles. The van der Waals surface area contributed by atoms with Crippen LogP contribution in [0.1, 0.15) is 37.7 Å². The maximum absolute atomic E-state index is 13.6. The van der Waals surface area contributed by atoms with Gasteiger partial charge in [-0.1, -0.05) is 18.6 Å². The van der Waals surface area contributed by atoms with E-state index in [1.165, 1.54) is 31.7 Å². The van der Waals surface area contributed by atoms with Crippen LogP contribution in [0.15, 0.2) is 18.2 Å². The Morgan fingerprint density at radius 3 is 2.89 bits per heavy atom. The van der Waals surface area contributed by atoms with Crippen LogP contribution in [0, 0.1) is 17.6 Å². The average Bonchev–Trinajstić information content (AvgIpc) is 2.82. The third kappa shape index (κ3) is 2.28. The maximum Gasteiger partial charge on any atom is 0.162 e. The quantitative estimate of drug-likeness (QED) is 0.849. The SMILES string of the molecule is Fc1cccc(CC2CCC3CCCC3N2)c1F. The fraction of sp³-hybridized carbons (Fsp3) is 0.600. The summed E-state index contributed by atoms with van der Waals surface area (Å²) in [6.45, 7) is 0. The average molecular weight is 251 g/mol. The highest BCUT2D eigenvalue weighted by Crippen LogP contribution is 2.34. The van der Waals surface area contributed by atoms with Gasteiger partial charge < -0.3 is 5.32 Å². The molecule has 1 saturated carbocycles. The lowest BCUT2D eigenvalue weighted by molar-refractivity contribution is 0.256. The molecule has 1 N–H and O–H groups in total. The second kappa shape index (κ2) is 4.96. The van der Waals surface area contributed by atoms with E-state index in [1.54, 1.807) is 12.1 Å². The van der Waals surface area contributed by atoms with Crippen LogP contribution in [0.4, 0.5) is 8.78 Å². The molecule has 3 atom stereocenters. The molecule has 2 fully saturated rings. The van der Waals surface area contributed by atoms with Crippen molar-refractivity contribution in [2.75, 3.05) is 0 Å². The van der Waals surface area contributed by atoms with Crippen molar-refractivity contribution in [2.24, 2.45) is 5.92 Å². The van der Waals surface area contributed by atoms with Crippen LogP contribution < -0.4 is 5.32 Å². The summed E-state index contributed by atoms with van der Waals surface area (Å²) in [6, 6.07) is 5.39. The first kappa shape index (κ1) is 12.1. The van der Waals surface area contributed by atoms with E-state index in [-0.39, 0.29) is 0 Å². The Bertz CT molecular complexity index is 433. The molecule has 98 valence electrons. The van der Waals surface area contributed by atoms with Crippen LogP contribution in [-0.2, 0) is 6.42 Å². The first-order valence-corrected chi connectivity index (χ1v) is 6.93. The molecule has 18 heavy (non-hydrogen) atoms. The van der Waals surface area contributed by atoms with Gasteiger partial charge >= 0.3 is 0 Å². The van der Waals surface area contributed by atoms with Crippen LogP contribution >= 0.6 is 0 Å². The van der Waals surface area contributed by atoms with E-state index in [4.69, 9.17) is 0 Å². The summed E-state index contributed by atoms with van der Waals surface area (Å²) >= 11 is 0. The summed E-state index contributed by atoms with van der Waals surface area (Å²) in [5, 5.41) is 3.62. The highest BCUT2D eigenvalue weighted by molar-refractivity contribution is 5.20. The number of halogens is 2. The first-order valence-electron chi connectivity index (χ1n) is 6.93. The zero-order valence-corrected chi connectivity index (χ0v) is 10.5.